The molecule has 1 fully saturated rings. The second-order valence-electron chi connectivity index (χ2n) is 7.95. The number of piperazine rings is 1. The summed E-state index contributed by atoms with van der Waals surface area (Å²) in [7, 11) is 1.61. The summed E-state index contributed by atoms with van der Waals surface area (Å²) >= 11 is 9.51. The van der Waals surface area contributed by atoms with Crippen LogP contribution in [-0.2, 0) is 13.2 Å². The molecule has 0 atom stereocenters. The van der Waals surface area contributed by atoms with Crippen LogP contribution in [-0.4, -0.2) is 48.1 Å². The molecule has 0 spiro atoms. The second kappa shape index (κ2) is 11.1. The van der Waals surface area contributed by atoms with Crippen molar-refractivity contribution in [3.05, 3.63) is 93.7 Å². The van der Waals surface area contributed by atoms with Crippen LogP contribution >= 0.6 is 28.1 Å². The van der Waals surface area contributed by atoms with E-state index in [0.717, 1.165) is 53.3 Å². The maximum atomic E-state index is 13.1. The van der Waals surface area contributed by atoms with Crippen molar-refractivity contribution in [2.45, 2.75) is 13.2 Å². The van der Waals surface area contributed by atoms with Gasteiger partial charge < -0.3 is 14.4 Å². The molecule has 1 aliphatic rings. The molecule has 0 aromatic heterocycles. The van der Waals surface area contributed by atoms with Gasteiger partial charge in [-0.25, -0.2) is 4.39 Å². The van der Waals surface area contributed by atoms with Gasteiger partial charge >= 0.3 is 0 Å². The van der Waals surface area contributed by atoms with E-state index >= 15 is 0 Å². The third kappa shape index (κ3) is 6.10. The third-order valence-corrected chi connectivity index (χ3v) is 6.83. The monoisotopic (exact) mass is 528 g/mol. The van der Waals surface area contributed by atoms with Crippen LogP contribution in [0.1, 0.15) is 16.7 Å². The molecule has 0 unspecified atom stereocenters. The highest BCUT2D eigenvalue weighted by atomic mass is 79.9. The SMILES string of the molecule is COc1cc(C(=S)N2CCN(Cc3ccccc3)CC2)c(Br)cc1OCc1ccc(F)cc1. The number of ether oxygens (including phenoxy) is 2. The predicted octanol–water partition coefficient (Wildman–Crippen LogP) is 5.67. The molecule has 33 heavy (non-hydrogen) atoms. The number of rotatable bonds is 7. The first kappa shape index (κ1) is 23.7. The van der Waals surface area contributed by atoms with Gasteiger partial charge in [-0.3, -0.25) is 4.90 Å². The highest BCUT2D eigenvalue weighted by molar-refractivity contribution is 9.10. The Hall–Kier alpha value is -2.48. The fourth-order valence-electron chi connectivity index (χ4n) is 3.83. The molecule has 0 aliphatic carbocycles. The minimum Gasteiger partial charge on any atom is -0.493 e. The third-order valence-electron chi connectivity index (χ3n) is 5.70. The van der Waals surface area contributed by atoms with E-state index in [-0.39, 0.29) is 5.82 Å². The molecule has 1 aliphatic heterocycles. The zero-order valence-corrected chi connectivity index (χ0v) is 20.9. The van der Waals surface area contributed by atoms with E-state index in [1.165, 1.54) is 17.7 Å². The fourth-order valence-corrected chi connectivity index (χ4v) is 4.83. The molecule has 1 heterocycles. The van der Waals surface area contributed by atoms with Crippen LogP contribution in [0.2, 0.25) is 0 Å². The van der Waals surface area contributed by atoms with Crippen LogP contribution in [0.25, 0.3) is 0 Å². The maximum absolute atomic E-state index is 13.1. The van der Waals surface area contributed by atoms with Crippen molar-refractivity contribution in [2.75, 3.05) is 33.3 Å². The first-order chi connectivity index (χ1) is 16.0. The van der Waals surface area contributed by atoms with E-state index in [4.69, 9.17) is 21.7 Å². The van der Waals surface area contributed by atoms with E-state index in [2.05, 4.69) is 50.0 Å². The Bertz CT molecular complexity index is 1090. The number of benzene rings is 3. The summed E-state index contributed by atoms with van der Waals surface area (Å²) in [5.41, 5.74) is 3.12. The number of hydrogen-bond acceptors (Lipinski definition) is 4. The van der Waals surface area contributed by atoms with Crippen LogP contribution in [0.4, 0.5) is 4.39 Å². The lowest BCUT2D eigenvalue weighted by Gasteiger charge is -2.36. The lowest BCUT2D eigenvalue weighted by Crippen LogP contribution is -2.48. The summed E-state index contributed by atoms with van der Waals surface area (Å²) in [6.45, 7) is 4.95. The maximum Gasteiger partial charge on any atom is 0.162 e. The highest BCUT2D eigenvalue weighted by Crippen LogP contribution is 2.35. The van der Waals surface area contributed by atoms with Crippen molar-refractivity contribution in [1.82, 2.24) is 9.80 Å². The molecule has 3 aromatic rings. The van der Waals surface area contributed by atoms with Crippen LogP contribution < -0.4 is 9.47 Å². The molecule has 7 heteroatoms. The van der Waals surface area contributed by atoms with Gasteiger partial charge in [0.1, 0.15) is 17.4 Å². The predicted molar refractivity (Wildman–Crippen MR) is 136 cm³/mol. The Labute approximate surface area is 208 Å². The average Bonchev–Trinajstić information content (AvgIpc) is 2.84. The van der Waals surface area contributed by atoms with Crippen LogP contribution in [0.15, 0.2) is 71.2 Å². The van der Waals surface area contributed by atoms with Gasteiger partial charge in [-0.05, 0) is 51.3 Å². The highest BCUT2D eigenvalue weighted by Gasteiger charge is 2.22. The van der Waals surface area contributed by atoms with Crippen molar-refractivity contribution in [3.8, 4) is 11.5 Å². The summed E-state index contributed by atoms with van der Waals surface area (Å²) in [5.74, 6) is 0.950. The molecule has 4 rings (SSSR count). The molecule has 4 nitrogen and oxygen atoms in total. The number of methoxy groups -OCH3 is 1. The van der Waals surface area contributed by atoms with Gasteiger partial charge in [0.25, 0.3) is 0 Å². The number of hydrogen-bond donors (Lipinski definition) is 0. The van der Waals surface area contributed by atoms with E-state index in [0.29, 0.717) is 18.1 Å². The minimum absolute atomic E-state index is 0.266. The van der Waals surface area contributed by atoms with E-state index < -0.39 is 0 Å². The average molecular weight is 529 g/mol. The summed E-state index contributed by atoms with van der Waals surface area (Å²) in [4.78, 5) is 5.50. The molecular weight excluding hydrogens is 503 g/mol. The molecular formula is C26H26BrFN2O2S. The molecule has 0 saturated carbocycles. The minimum atomic E-state index is -0.266. The topological polar surface area (TPSA) is 24.9 Å². The molecule has 172 valence electrons. The van der Waals surface area contributed by atoms with Crippen molar-refractivity contribution in [2.24, 2.45) is 0 Å². The van der Waals surface area contributed by atoms with Crippen molar-refractivity contribution >= 4 is 33.1 Å². The number of nitrogens with zero attached hydrogens (tertiary/aromatic N) is 2. The van der Waals surface area contributed by atoms with Gasteiger partial charge in [0, 0.05) is 42.8 Å². The van der Waals surface area contributed by atoms with E-state index in [1.807, 2.05) is 18.2 Å². The summed E-state index contributed by atoms with van der Waals surface area (Å²) < 4.78 is 25.5. The van der Waals surface area contributed by atoms with Gasteiger partial charge in [-0.1, -0.05) is 54.7 Å². The Balaban J connectivity index is 1.39. The number of halogens is 2. The lowest BCUT2D eigenvalue weighted by atomic mass is 10.1. The first-order valence-corrected chi connectivity index (χ1v) is 12.0. The zero-order valence-electron chi connectivity index (χ0n) is 18.5. The van der Waals surface area contributed by atoms with Gasteiger partial charge in [0.2, 0.25) is 0 Å². The molecule has 0 amide bonds. The largest absolute Gasteiger partial charge is 0.493 e. The second-order valence-corrected chi connectivity index (χ2v) is 9.19. The van der Waals surface area contributed by atoms with Gasteiger partial charge in [-0.15, -0.1) is 0 Å². The van der Waals surface area contributed by atoms with Crippen molar-refractivity contribution in [3.63, 3.8) is 0 Å². The van der Waals surface area contributed by atoms with Gasteiger partial charge in [-0.2, -0.15) is 0 Å². The molecule has 3 aromatic carbocycles. The Morgan fingerprint density at radius 1 is 0.939 bits per heavy atom. The smallest absolute Gasteiger partial charge is 0.162 e. The normalized spacial score (nSPS) is 14.2. The Kier molecular flexibility index (Phi) is 7.96. The van der Waals surface area contributed by atoms with E-state index in [9.17, 15) is 4.39 Å². The van der Waals surface area contributed by atoms with Crippen LogP contribution in [0.5, 0.6) is 11.5 Å². The van der Waals surface area contributed by atoms with Gasteiger partial charge in [0.15, 0.2) is 11.5 Å². The Morgan fingerprint density at radius 3 is 2.30 bits per heavy atom. The molecule has 0 bridgehead atoms. The summed E-state index contributed by atoms with van der Waals surface area (Å²) in [5, 5.41) is 0. The quantitative estimate of drug-likeness (QED) is 0.368. The number of thiocarbonyl (C=S) groups is 1. The Morgan fingerprint density at radius 2 is 1.64 bits per heavy atom. The van der Waals surface area contributed by atoms with E-state index in [1.54, 1.807) is 19.2 Å². The lowest BCUT2D eigenvalue weighted by molar-refractivity contribution is 0.177. The first-order valence-electron chi connectivity index (χ1n) is 10.8. The standard InChI is InChI=1S/C26H26BrFN2O2S/c1-31-24-15-22(23(27)16-25(24)32-18-20-7-9-21(28)10-8-20)26(33)30-13-11-29(12-14-30)17-19-5-3-2-4-6-19/h2-10,15-16H,11-14,17-18H2,1H3. The van der Waals surface area contributed by atoms with Crippen molar-refractivity contribution < 1.29 is 13.9 Å². The summed E-state index contributed by atoms with van der Waals surface area (Å²) in [6.07, 6.45) is 0. The fraction of sp³-hybridized carbons (Fsp3) is 0.269. The van der Waals surface area contributed by atoms with Crippen LogP contribution in [0, 0.1) is 5.82 Å². The molecule has 1 saturated heterocycles. The zero-order chi connectivity index (χ0) is 23.2. The van der Waals surface area contributed by atoms with Crippen molar-refractivity contribution in [1.29, 1.82) is 0 Å². The van der Waals surface area contributed by atoms with Crippen LogP contribution in [0.3, 0.4) is 0 Å². The van der Waals surface area contributed by atoms with Gasteiger partial charge in [0.05, 0.1) is 7.11 Å². The molecule has 0 radical (unpaired) electrons. The molecule has 0 N–H and O–H groups in total. The summed E-state index contributed by atoms with van der Waals surface area (Å²) in [6, 6.07) is 20.6.